The maximum atomic E-state index is 11.7. The SMILES string of the molecule is O=C[C@H](Cc1ccccc1Br)[C@H](C[N+](=O)[O-])c1ccccc1Br. The maximum absolute atomic E-state index is 11.7. The second-order valence-corrected chi connectivity index (χ2v) is 6.95. The van der Waals surface area contributed by atoms with Gasteiger partial charge in [-0.05, 0) is 29.7 Å². The Morgan fingerprint density at radius 2 is 1.65 bits per heavy atom. The Kier molecular flexibility index (Phi) is 6.47. The average Bonchev–Trinajstić information content (AvgIpc) is 2.53. The minimum Gasteiger partial charge on any atom is -0.303 e. The summed E-state index contributed by atoms with van der Waals surface area (Å²) in [6.45, 7) is -0.281. The molecule has 120 valence electrons. The summed E-state index contributed by atoms with van der Waals surface area (Å²) < 4.78 is 1.68. The van der Waals surface area contributed by atoms with Crippen LogP contribution >= 0.6 is 31.9 Å². The third-order valence-electron chi connectivity index (χ3n) is 3.76. The molecular weight excluding hydrogens is 426 g/mol. The van der Waals surface area contributed by atoms with Crippen LogP contribution in [0.4, 0.5) is 0 Å². The summed E-state index contributed by atoms with van der Waals surface area (Å²) in [5.41, 5.74) is 1.75. The van der Waals surface area contributed by atoms with E-state index in [1.807, 2.05) is 48.5 Å². The Balaban J connectivity index is 2.36. The third-order valence-corrected chi connectivity index (χ3v) is 5.25. The molecular formula is C17H15Br2NO3. The zero-order chi connectivity index (χ0) is 16.8. The molecule has 2 aromatic rings. The normalized spacial score (nSPS) is 13.3. The predicted molar refractivity (Wildman–Crippen MR) is 96.1 cm³/mol. The lowest BCUT2D eigenvalue weighted by molar-refractivity contribution is -0.484. The Hall–Kier alpha value is -1.53. The topological polar surface area (TPSA) is 60.2 Å². The monoisotopic (exact) mass is 439 g/mol. The lowest BCUT2D eigenvalue weighted by atomic mass is 9.83. The average molecular weight is 441 g/mol. The number of halogens is 2. The minimum atomic E-state index is -0.481. The zero-order valence-corrected chi connectivity index (χ0v) is 15.4. The Morgan fingerprint density at radius 1 is 1.04 bits per heavy atom. The summed E-state index contributed by atoms with van der Waals surface area (Å²) in [6.07, 6.45) is 1.28. The molecule has 2 rings (SSSR count). The van der Waals surface area contributed by atoms with E-state index in [1.165, 1.54) is 0 Å². The molecule has 6 heteroatoms. The lowest BCUT2D eigenvalue weighted by Gasteiger charge is -2.21. The molecule has 0 aliphatic rings. The molecule has 23 heavy (non-hydrogen) atoms. The van der Waals surface area contributed by atoms with Crippen LogP contribution < -0.4 is 0 Å². The standard InChI is InChI=1S/C17H15Br2NO3/c18-16-7-3-1-5-12(16)9-13(11-21)15(10-20(22)23)14-6-2-4-8-17(14)19/h1-8,11,13,15H,9-10H2/t13-,15-/m0/s1. The van der Waals surface area contributed by atoms with Gasteiger partial charge < -0.3 is 4.79 Å². The van der Waals surface area contributed by atoms with Crippen molar-refractivity contribution in [1.82, 2.24) is 0 Å². The summed E-state index contributed by atoms with van der Waals surface area (Å²) in [6, 6.07) is 14.9. The van der Waals surface area contributed by atoms with E-state index in [2.05, 4.69) is 31.9 Å². The molecule has 0 radical (unpaired) electrons. The van der Waals surface area contributed by atoms with Gasteiger partial charge in [-0.15, -0.1) is 0 Å². The molecule has 0 aliphatic heterocycles. The first-order valence-corrected chi connectivity index (χ1v) is 8.66. The molecule has 0 unspecified atom stereocenters. The molecule has 0 amide bonds. The molecule has 0 heterocycles. The molecule has 0 aliphatic carbocycles. The molecule has 0 spiro atoms. The highest BCUT2D eigenvalue weighted by Gasteiger charge is 2.29. The fraction of sp³-hybridized carbons (Fsp3) is 0.235. The molecule has 0 saturated carbocycles. The number of nitrogens with zero attached hydrogens (tertiary/aromatic N) is 1. The van der Waals surface area contributed by atoms with Gasteiger partial charge in [-0.3, -0.25) is 10.1 Å². The predicted octanol–water partition coefficient (Wildman–Crippen LogP) is 4.63. The molecule has 4 nitrogen and oxygen atoms in total. The van der Waals surface area contributed by atoms with E-state index in [1.54, 1.807) is 0 Å². The van der Waals surface area contributed by atoms with Crippen LogP contribution in [0.15, 0.2) is 57.5 Å². The van der Waals surface area contributed by atoms with Gasteiger partial charge in [0.25, 0.3) is 0 Å². The first-order valence-electron chi connectivity index (χ1n) is 7.08. The number of benzene rings is 2. The van der Waals surface area contributed by atoms with Crippen LogP contribution in [0.5, 0.6) is 0 Å². The van der Waals surface area contributed by atoms with Crippen molar-refractivity contribution in [3.05, 3.63) is 78.7 Å². The van der Waals surface area contributed by atoms with E-state index >= 15 is 0 Å². The summed E-state index contributed by atoms with van der Waals surface area (Å²) >= 11 is 6.90. The minimum absolute atomic E-state index is 0.281. The molecule has 0 bridgehead atoms. The molecule has 0 aromatic heterocycles. The van der Waals surface area contributed by atoms with Crippen molar-refractivity contribution < 1.29 is 9.72 Å². The summed E-state index contributed by atoms with van der Waals surface area (Å²) in [7, 11) is 0. The smallest absolute Gasteiger partial charge is 0.211 e. The van der Waals surface area contributed by atoms with Crippen LogP contribution in [-0.4, -0.2) is 17.8 Å². The highest BCUT2D eigenvalue weighted by molar-refractivity contribution is 9.10. The van der Waals surface area contributed by atoms with Crippen LogP contribution in [0.1, 0.15) is 17.0 Å². The number of aldehydes is 1. The van der Waals surface area contributed by atoms with Crippen molar-refractivity contribution in [2.24, 2.45) is 5.92 Å². The van der Waals surface area contributed by atoms with Gasteiger partial charge in [0, 0.05) is 19.8 Å². The zero-order valence-electron chi connectivity index (χ0n) is 12.2. The highest BCUT2D eigenvalue weighted by Crippen LogP contribution is 2.33. The molecule has 0 saturated heterocycles. The fourth-order valence-electron chi connectivity index (χ4n) is 2.60. The van der Waals surface area contributed by atoms with Gasteiger partial charge in [0.05, 0.1) is 5.92 Å². The van der Waals surface area contributed by atoms with E-state index in [0.717, 1.165) is 26.4 Å². The van der Waals surface area contributed by atoms with E-state index < -0.39 is 11.8 Å². The van der Waals surface area contributed by atoms with Crippen LogP contribution in [0.2, 0.25) is 0 Å². The van der Waals surface area contributed by atoms with Crippen molar-refractivity contribution in [3.63, 3.8) is 0 Å². The first-order chi connectivity index (χ1) is 11.0. The van der Waals surface area contributed by atoms with Crippen molar-refractivity contribution in [2.45, 2.75) is 12.3 Å². The highest BCUT2D eigenvalue weighted by atomic mass is 79.9. The molecule has 0 fully saturated rings. The summed E-state index contributed by atoms with van der Waals surface area (Å²) in [4.78, 5) is 22.4. The number of rotatable bonds is 7. The van der Waals surface area contributed by atoms with Crippen molar-refractivity contribution in [3.8, 4) is 0 Å². The lowest BCUT2D eigenvalue weighted by Crippen LogP contribution is -2.24. The maximum Gasteiger partial charge on any atom is 0.211 e. The van der Waals surface area contributed by atoms with Gasteiger partial charge >= 0.3 is 0 Å². The number of hydrogen-bond acceptors (Lipinski definition) is 3. The first kappa shape index (κ1) is 17.8. The van der Waals surface area contributed by atoms with Crippen molar-refractivity contribution >= 4 is 38.1 Å². The van der Waals surface area contributed by atoms with Gasteiger partial charge in [0.15, 0.2) is 0 Å². The fourth-order valence-corrected chi connectivity index (χ4v) is 3.63. The van der Waals surface area contributed by atoms with Crippen LogP contribution in [0.3, 0.4) is 0 Å². The quantitative estimate of drug-likeness (QED) is 0.358. The van der Waals surface area contributed by atoms with E-state index in [4.69, 9.17) is 0 Å². The van der Waals surface area contributed by atoms with Gasteiger partial charge in [-0.1, -0.05) is 68.3 Å². The molecule has 2 aromatic carbocycles. The number of hydrogen-bond donors (Lipinski definition) is 0. The summed E-state index contributed by atoms with van der Waals surface area (Å²) in [5, 5.41) is 11.1. The van der Waals surface area contributed by atoms with Crippen molar-refractivity contribution in [1.29, 1.82) is 0 Å². The van der Waals surface area contributed by atoms with Crippen LogP contribution in [0, 0.1) is 16.0 Å². The molecule has 2 atom stereocenters. The Labute approximate surface area is 151 Å². The molecule has 0 N–H and O–H groups in total. The third kappa shape index (κ3) is 4.72. The van der Waals surface area contributed by atoms with Gasteiger partial charge in [-0.2, -0.15) is 0 Å². The van der Waals surface area contributed by atoms with Crippen LogP contribution in [-0.2, 0) is 11.2 Å². The second kappa shape index (κ2) is 8.36. The Bertz CT molecular complexity index is 706. The Morgan fingerprint density at radius 3 is 2.22 bits per heavy atom. The van der Waals surface area contributed by atoms with E-state index in [-0.39, 0.29) is 11.5 Å². The number of nitro groups is 1. The van der Waals surface area contributed by atoms with Gasteiger partial charge in [0.2, 0.25) is 6.54 Å². The number of carbonyl (C=O) groups is 1. The number of carbonyl (C=O) groups excluding carboxylic acids is 1. The summed E-state index contributed by atoms with van der Waals surface area (Å²) in [5.74, 6) is -0.956. The second-order valence-electron chi connectivity index (χ2n) is 5.24. The van der Waals surface area contributed by atoms with Gasteiger partial charge in [-0.25, -0.2) is 0 Å². The van der Waals surface area contributed by atoms with Crippen molar-refractivity contribution in [2.75, 3.05) is 6.54 Å². The van der Waals surface area contributed by atoms with Gasteiger partial charge in [0.1, 0.15) is 6.29 Å². The van der Waals surface area contributed by atoms with Crippen LogP contribution in [0.25, 0.3) is 0 Å². The van der Waals surface area contributed by atoms with E-state index in [0.29, 0.717) is 6.42 Å². The van der Waals surface area contributed by atoms with E-state index in [9.17, 15) is 14.9 Å². The largest absolute Gasteiger partial charge is 0.303 e.